The van der Waals surface area contributed by atoms with E-state index in [1.54, 1.807) is 0 Å². The van der Waals surface area contributed by atoms with Gasteiger partial charge in [0, 0.05) is 19.1 Å². The summed E-state index contributed by atoms with van der Waals surface area (Å²) in [7, 11) is 0. The van der Waals surface area contributed by atoms with Gasteiger partial charge in [-0.1, -0.05) is 0 Å². The first kappa shape index (κ1) is 9.50. The van der Waals surface area contributed by atoms with Crippen LogP contribution in [-0.4, -0.2) is 37.2 Å². The summed E-state index contributed by atoms with van der Waals surface area (Å²) < 4.78 is 5.31. The van der Waals surface area contributed by atoms with E-state index in [1.807, 2.05) is 0 Å². The van der Waals surface area contributed by atoms with Gasteiger partial charge in [0.05, 0.1) is 25.2 Å². The van der Waals surface area contributed by atoms with E-state index >= 15 is 0 Å². The summed E-state index contributed by atoms with van der Waals surface area (Å²) >= 11 is 0. The van der Waals surface area contributed by atoms with Crippen LogP contribution >= 0.6 is 0 Å². The lowest BCUT2D eigenvalue weighted by Gasteiger charge is -2.24. The molecule has 0 aromatic heterocycles. The molecule has 0 aliphatic carbocycles. The fourth-order valence-electron chi connectivity index (χ4n) is 1.38. The molecular weight excluding hydrogens is 152 g/mol. The van der Waals surface area contributed by atoms with E-state index in [0.717, 1.165) is 19.7 Å². The van der Waals surface area contributed by atoms with E-state index in [1.165, 1.54) is 0 Å². The number of rotatable bonds is 1. The average molecular weight is 168 g/mol. The van der Waals surface area contributed by atoms with Gasteiger partial charge in [0.1, 0.15) is 0 Å². The molecular formula is C9H16N2O. The van der Waals surface area contributed by atoms with Crippen LogP contribution in [0.1, 0.15) is 13.8 Å². The second-order valence-electron chi connectivity index (χ2n) is 3.49. The van der Waals surface area contributed by atoms with Crippen LogP contribution in [0.3, 0.4) is 0 Å². The molecule has 12 heavy (non-hydrogen) atoms. The van der Waals surface area contributed by atoms with Crippen LogP contribution in [0, 0.1) is 17.2 Å². The van der Waals surface area contributed by atoms with Crippen molar-refractivity contribution in [1.29, 1.82) is 5.26 Å². The van der Waals surface area contributed by atoms with E-state index < -0.39 is 0 Å². The Hall–Kier alpha value is -0.590. The summed E-state index contributed by atoms with van der Waals surface area (Å²) in [5, 5.41) is 8.76. The second-order valence-corrected chi connectivity index (χ2v) is 3.49. The summed E-state index contributed by atoms with van der Waals surface area (Å²) in [5.41, 5.74) is 0. The Kier molecular flexibility index (Phi) is 3.51. The van der Waals surface area contributed by atoms with Crippen molar-refractivity contribution in [2.45, 2.75) is 19.9 Å². The zero-order valence-electron chi connectivity index (χ0n) is 7.79. The van der Waals surface area contributed by atoms with Crippen molar-refractivity contribution in [1.82, 2.24) is 4.90 Å². The third kappa shape index (κ3) is 2.47. The Labute approximate surface area is 73.9 Å². The Balaban J connectivity index is 2.49. The number of hydrogen-bond acceptors (Lipinski definition) is 3. The molecule has 0 N–H and O–H groups in total. The molecule has 0 amide bonds. The smallest absolute Gasteiger partial charge is 0.0823 e. The van der Waals surface area contributed by atoms with Crippen LogP contribution < -0.4 is 0 Å². The monoisotopic (exact) mass is 168 g/mol. The van der Waals surface area contributed by atoms with Crippen molar-refractivity contribution in [2.24, 2.45) is 5.92 Å². The Bertz CT molecular complexity index is 174. The maximum Gasteiger partial charge on any atom is 0.0823 e. The molecule has 1 aliphatic rings. The van der Waals surface area contributed by atoms with Crippen molar-refractivity contribution < 1.29 is 4.74 Å². The predicted molar refractivity (Wildman–Crippen MR) is 46.6 cm³/mol. The zero-order chi connectivity index (χ0) is 8.97. The number of nitriles is 1. The van der Waals surface area contributed by atoms with E-state index in [0.29, 0.717) is 12.6 Å². The lowest BCUT2D eigenvalue weighted by Crippen LogP contribution is -2.35. The van der Waals surface area contributed by atoms with Gasteiger partial charge in [0.15, 0.2) is 0 Å². The minimum absolute atomic E-state index is 0.0508. The first-order valence-electron chi connectivity index (χ1n) is 4.45. The largest absolute Gasteiger partial charge is 0.379 e. The molecule has 0 unspecified atom stereocenters. The van der Waals surface area contributed by atoms with Crippen LogP contribution in [0.15, 0.2) is 0 Å². The van der Waals surface area contributed by atoms with Crippen molar-refractivity contribution in [3.05, 3.63) is 0 Å². The lowest BCUT2D eigenvalue weighted by molar-refractivity contribution is 0.129. The molecule has 3 heteroatoms. The zero-order valence-corrected chi connectivity index (χ0v) is 7.79. The van der Waals surface area contributed by atoms with Gasteiger partial charge in [-0.25, -0.2) is 0 Å². The summed E-state index contributed by atoms with van der Waals surface area (Å²) in [6, 6.07) is 2.78. The van der Waals surface area contributed by atoms with Gasteiger partial charge in [-0.05, 0) is 13.8 Å². The molecule has 1 rings (SSSR count). The first-order valence-corrected chi connectivity index (χ1v) is 4.45. The van der Waals surface area contributed by atoms with Gasteiger partial charge < -0.3 is 4.74 Å². The maximum atomic E-state index is 8.76. The third-order valence-corrected chi connectivity index (χ3v) is 2.21. The Morgan fingerprint density at radius 3 is 2.92 bits per heavy atom. The first-order chi connectivity index (χ1) is 5.74. The van der Waals surface area contributed by atoms with E-state index in [2.05, 4.69) is 24.8 Å². The van der Waals surface area contributed by atoms with Crippen LogP contribution in [0.25, 0.3) is 0 Å². The molecule has 0 radical (unpaired) electrons. The average Bonchev–Trinajstić information content (AvgIpc) is 2.28. The maximum absolute atomic E-state index is 8.76. The highest BCUT2D eigenvalue weighted by Gasteiger charge is 2.19. The van der Waals surface area contributed by atoms with E-state index in [9.17, 15) is 0 Å². The summed E-state index contributed by atoms with van der Waals surface area (Å²) in [6.07, 6.45) is 0. The highest BCUT2D eigenvalue weighted by Crippen LogP contribution is 2.08. The molecule has 0 spiro atoms. The van der Waals surface area contributed by atoms with Gasteiger partial charge in [0.2, 0.25) is 0 Å². The van der Waals surface area contributed by atoms with Crippen LogP contribution in [0.4, 0.5) is 0 Å². The van der Waals surface area contributed by atoms with Crippen LogP contribution in [0.5, 0.6) is 0 Å². The molecule has 1 fully saturated rings. The van der Waals surface area contributed by atoms with Crippen molar-refractivity contribution >= 4 is 0 Å². The van der Waals surface area contributed by atoms with E-state index in [4.69, 9.17) is 10.00 Å². The highest BCUT2D eigenvalue weighted by atomic mass is 16.5. The fraction of sp³-hybridized carbons (Fsp3) is 0.889. The normalized spacial score (nSPS) is 26.7. The molecule has 0 aromatic rings. The molecule has 0 saturated carbocycles. The molecule has 68 valence electrons. The highest BCUT2D eigenvalue weighted by molar-refractivity contribution is 4.87. The van der Waals surface area contributed by atoms with Crippen LogP contribution in [0.2, 0.25) is 0 Å². The predicted octanol–water partition coefficient (Wildman–Crippen LogP) is 0.867. The molecule has 1 atom stereocenters. The van der Waals surface area contributed by atoms with Crippen molar-refractivity contribution in [2.75, 3.05) is 26.3 Å². The molecule has 0 aromatic carbocycles. The van der Waals surface area contributed by atoms with Gasteiger partial charge in [-0.2, -0.15) is 5.26 Å². The topological polar surface area (TPSA) is 36.3 Å². The van der Waals surface area contributed by atoms with Gasteiger partial charge >= 0.3 is 0 Å². The summed E-state index contributed by atoms with van der Waals surface area (Å²) in [4.78, 5) is 2.29. The third-order valence-electron chi connectivity index (χ3n) is 2.21. The van der Waals surface area contributed by atoms with Crippen LogP contribution in [-0.2, 0) is 4.74 Å². The standard InChI is InChI=1S/C9H16N2O/c1-8(2)11-3-4-12-7-9(5-10)6-11/h8-9H,3-4,6-7H2,1-2H3/t9-/m0/s1. The number of nitrogens with zero attached hydrogens (tertiary/aromatic N) is 2. The quantitative estimate of drug-likeness (QED) is 0.583. The van der Waals surface area contributed by atoms with Crippen molar-refractivity contribution in [3.8, 4) is 6.07 Å². The second kappa shape index (κ2) is 4.44. The minimum Gasteiger partial charge on any atom is -0.379 e. The molecule has 1 saturated heterocycles. The Morgan fingerprint density at radius 2 is 2.33 bits per heavy atom. The Morgan fingerprint density at radius 1 is 1.58 bits per heavy atom. The van der Waals surface area contributed by atoms with Gasteiger partial charge in [-0.15, -0.1) is 0 Å². The molecule has 0 bridgehead atoms. The minimum atomic E-state index is 0.0508. The molecule has 1 aliphatic heterocycles. The van der Waals surface area contributed by atoms with Crippen molar-refractivity contribution in [3.63, 3.8) is 0 Å². The molecule has 1 heterocycles. The number of ether oxygens (including phenoxy) is 1. The SMILES string of the molecule is CC(C)N1CCOC[C@@H](C#N)C1. The lowest BCUT2D eigenvalue weighted by atomic mass is 10.1. The fourth-order valence-corrected chi connectivity index (χ4v) is 1.38. The summed E-state index contributed by atoms with van der Waals surface area (Å²) in [5.74, 6) is 0.0508. The number of hydrogen-bond donors (Lipinski definition) is 0. The van der Waals surface area contributed by atoms with Gasteiger partial charge in [0.25, 0.3) is 0 Å². The van der Waals surface area contributed by atoms with E-state index in [-0.39, 0.29) is 5.92 Å². The molecule has 3 nitrogen and oxygen atoms in total. The van der Waals surface area contributed by atoms with Gasteiger partial charge in [-0.3, -0.25) is 4.90 Å². The summed E-state index contributed by atoms with van der Waals surface area (Å²) in [6.45, 7) is 7.47.